The van der Waals surface area contributed by atoms with Gasteiger partial charge in [-0.05, 0) is 47.2 Å². The molecule has 0 N–H and O–H groups in total. The van der Waals surface area contributed by atoms with Crippen molar-refractivity contribution < 1.29 is 4.74 Å². The van der Waals surface area contributed by atoms with Crippen molar-refractivity contribution in [2.45, 2.75) is 26.3 Å². The Kier molecular flexibility index (Phi) is 3.82. The normalized spacial score (nSPS) is 15.4. The molecule has 0 bridgehead atoms. The fourth-order valence-electron chi connectivity index (χ4n) is 1.51. The molecule has 1 fully saturated rings. The lowest BCUT2D eigenvalue weighted by Crippen LogP contribution is -2.22. The number of aromatic nitrogens is 1. The van der Waals surface area contributed by atoms with Crippen molar-refractivity contribution in [1.82, 2.24) is 4.57 Å². The minimum absolute atomic E-state index is 0.0377. The van der Waals surface area contributed by atoms with Crippen LogP contribution in [0.2, 0.25) is 0 Å². The number of pyridine rings is 1. The van der Waals surface area contributed by atoms with Crippen LogP contribution in [0.5, 0.6) is 0 Å². The van der Waals surface area contributed by atoms with E-state index in [-0.39, 0.29) is 5.56 Å². The molecule has 0 radical (unpaired) electrons. The van der Waals surface area contributed by atoms with Gasteiger partial charge in [0.15, 0.2) is 0 Å². The standard InChI is InChI=1S/C12H16BrNO2/c1-9-6-12(15)14(7-11(9)13)4-5-16-8-10-2-3-10/h6-7,10H,2-5,8H2,1H3. The van der Waals surface area contributed by atoms with E-state index in [0.717, 1.165) is 22.6 Å². The Morgan fingerprint density at radius 2 is 2.31 bits per heavy atom. The molecule has 0 spiro atoms. The summed E-state index contributed by atoms with van der Waals surface area (Å²) in [5.74, 6) is 0.779. The molecule has 88 valence electrons. The molecule has 3 nitrogen and oxygen atoms in total. The highest BCUT2D eigenvalue weighted by Gasteiger charge is 2.20. The lowest BCUT2D eigenvalue weighted by Gasteiger charge is -2.08. The van der Waals surface area contributed by atoms with Gasteiger partial charge in [0.1, 0.15) is 0 Å². The van der Waals surface area contributed by atoms with Gasteiger partial charge in [-0.2, -0.15) is 0 Å². The summed E-state index contributed by atoms with van der Waals surface area (Å²) in [6, 6.07) is 1.64. The van der Waals surface area contributed by atoms with E-state index in [4.69, 9.17) is 4.74 Å². The Morgan fingerprint density at radius 3 is 3.00 bits per heavy atom. The van der Waals surface area contributed by atoms with Crippen LogP contribution in [0.1, 0.15) is 18.4 Å². The Balaban J connectivity index is 1.87. The second kappa shape index (κ2) is 5.15. The molecule has 1 aliphatic rings. The van der Waals surface area contributed by atoms with E-state index in [9.17, 15) is 4.79 Å². The van der Waals surface area contributed by atoms with Gasteiger partial charge in [-0.25, -0.2) is 0 Å². The summed E-state index contributed by atoms with van der Waals surface area (Å²) in [5.41, 5.74) is 1.01. The number of hydrogen-bond donors (Lipinski definition) is 0. The number of rotatable bonds is 5. The number of aryl methyl sites for hydroxylation is 1. The predicted octanol–water partition coefficient (Wildman–Crippen LogP) is 2.35. The van der Waals surface area contributed by atoms with Gasteiger partial charge in [-0.1, -0.05) is 0 Å². The zero-order valence-electron chi connectivity index (χ0n) is 9.41. The fraction of sp³-hybridized carbons (Fsp3) is 0.583. The highest BCUT2D eigenvalue weighted by atomic mass is 79.9. The minimum atomic E-state index is 0.0377. The van der Waals surface area contributed by atoms with Crippen LogP contribution in [0.25, 0.3) is 0 Å². The van der Waals surface area contributed by atoms with Gasteiger partial charge in [0.2, 0.25) is 0 Å². The van der Waals surface area contributed by atoms with Gasteiger partial charge >= 0.3 is 0 Å². The lowest BCUT2D eigenvalue weighted by molar-refractivity contribution is 0.116. The molecular formula is C12H16BrNO2. The quantitative estimate of drug-likeness (QED) is 0.778. The van der Waals surface area contributed by atoms with Gasteiger partial charge in [0, 0.05) is 29.9 Å². The van der Waals surface area contributed by atoms with E-state index >= 15 is 0 Å². The van der Waals surface area contributed by atoms with Crippen LogP contribution in [0.15, 0.2) is 21.5 Å². The summed E-state index contributed by atoms with van der Waals surface area (Å²) < 4.78 is 8.16. The third kappa shape index (κ3) is 3.19. The molecule has 1 aromatic rings. The molecule has 4 heteroatoms. The summed E-state index contributed by atoms with van der Waals surface area (Å²) >= 11 is 3.42. The Labute approximate surface area is 104 Å². The van der Waals surface area contributed by atoms with Crippen molar-refractivity contribution in [1.29, 1.82) is 0 Å². The van der Waals surface area contributed by atoms with Crippen LogP contribution in [0, 0.1) is 12.8 Å². The van der Waals surface area contributed by atoms with Crippen LogP contribution < -0.4 is 5.56 Å². The molecule has 2 rings (SSSR count). The van der Waals surface area contributed by atoms with E-state index in [1.807, 2.05) is 13.1 Å². The highest BCUT2D eigenvalue weighted by molar-refractivity contribution is 9.10. The van der Waals surface area contributed by atoms with Crippen molar-refractivity contribution in [3.63, 3.8) is 0 Å². The van der Waals surface area contributed by atoms with Crippen LogP contribution in [0.4, 0.5) is 0 Å². The maximum atomic E-state index is 11.6. The molecule has 1 saturated carbocycles. The highest BCUT2D eigenvalue weighted by Crippen LogP contribution is 2.28. The summed E-state index contributed by atoms with van der Waals surface area (Å²) in [6.45, 7) is 4.01. The Morgan fingerprint density at radius 1 is 1.56 bits per heavy atom. The monoisotopic (exact) mass is 285 g/mol. The maximum absolute atomic E-state index is 11.6. The molecule has 1 aliphatic carbocycles. The summed E-state index contributed by atoms with van der Waals surface area (Å²) in [6.07, 6.45) is 4.43. The van der Waals surface area contributed by atoms with Crippen LogP contribution in [-0.4, -0.2) is 17.8 Å². The van der Waals surface area contributed by atoms with Gasteiger partial charge < -0.3 is 9.30 Å². The SMILES string of the molecule is Cc1cc(=O)n(CCOCC2CC2)cc1Br. The van der Waals surface area contributed by atoms with E-state index in [1.165, 1.54) is 12.8 Å². The smallest absolute Gasteiger partial charge is 0.250 e. The molecule has 1 aromatic heterocycles. The number of hydrogen-bond acceptors (Lipinski definition) is 2. The maximum Gasteiger partial charge on any atom is 0.250 e. The lowest BCUT2D eigenvalue weighted by atomic mass is 10.3. The van der Waals surface area contributed by atoms with Crippen LogP contribution in [-0.2, 0) is 11.3 Å². The fourth-order valence-corrected chi connectivity index (χ4v) is 1.87. The average molecular weight is 286 g/mol. The summed E-state index contributed by atoms with van der Waals surface area (Å²) in [7, 11) is 0. The Bertz CT molecular complexity index is 424. The summed E-state index contributed by atoms with van der Waals surface area (Å²) in [5, 5.41) is 0. The van der Waals surface area contributed by atoms with Crippen molar-refractivity contribution in [3.8, 4) is 0 Å². The zero-order valence-corrected chi connectivity index (χ0v) is 11.0. The first kappa shape index (κ1) is 11.9. The Hall–Kier alpha value is -0.610. The zero-order chi connectivity index (χ0) is 11.5. The first-order valence-electron chi connectivity index (χ1n) is 5.61. The molecule has 1 heterocycles. The first-order chi connectivity index (χ1) is 7.66. The molecular weight excluding hydrogens is 270 g/mol. The third-order valence-electron chi connectivity index (χ3n) is 2.80. The minimum Gasteiger partial charge on any atom is -0.379 e. The van der Waals surface area contributed by atoms with E-state index in [0.29, 0.717) is 13.2 Å². The largest absolute Gasteiger partial charge is 0.379 e. The number of nitrogens with zero attached hydrogens (tertiary/aromatic N) is 1. The van der Waals surface area contributed by atoms with E-state index < -0.39 is 0 Å². The molecule has 0 unspecified atom stereocenters. The van der Waals surface area contributed by atoms with Gasteiger partial charge in [-0.15, -0.1) is 0 Å². The van der Waals surface area contributed by atoms with Crippen molar-refractivity contribution in [2.24, 2.45) is 5.92 Å². The predicted molar refractivity (Wildman–Crippen MR) is 66.7 cm³/mol. The molecule has 0 aromatic carbocycles. The van der Waals surface area contributed by atoms with Crippen molar-refractivity contribution in [2.75, 3.05) is 13.2 Å². The van der Waals surface area contributed by atoms with E-state index in [2.05, 4.69) is 15.9 Å². The molecule has 0 amide bonds. The summed E-state index contributed by atoms with van der Waals surface area (Å²) in [4.78, 5) is 11.6. The average Bonchev–Trinajstić information content (AvgIpc) is 3.04. The first-order valence-corrected chi connectivity index (χ1v) is 6.40. The van der Waals surface area contributed by atoms with Crippen LogP contribution in [0.3, 0.4) is 0 Å². The van der Waals surface area contributed by atoms with Gasteiger partial charge in [-0.3, -0.25) is 4.79 Å². The van der Waals surface area contributed by atoms with Gasteiger partial charge in [0.25, 0.3) is 5.56 Å². The van der Waals surface area contributed by atoms with Crippen molar-refractivity contribution in [3.05, 3.63) is 32.7 Å². The topological polar surface area (TPSA) is 31.2 Å². The molecule has 0 aliphatic heterocycles. The van der Waals surface area contributed by atoms with E-state index in [1.54, 1.807) is 10.6 Å². The van der Waals surface area contributed by atoms with Crippen LogP contribution >= 0.6 is 15.9 Å². The number of halogens is 1. The number of ether oxygens (including phenoxy) is 1. The molecule has 0 saturated heterocycles. The second-order valence-corrected chi connectivity index (χ2v) is 5.21. The third-order valence-corrected chi connectivity index (χ3v) is 3.63. The molecule has 0 atom stereocenters. The second-order valence-electron chi connectivity index (χ2n) is 4.35. The molecule has 16 heavy (non-hydrogen) atoms. The van der Waals surface area contributed by atoms with Gasteiger partial charge in [0.05, 0.1) is 6.61 Å². The van der Waals surface area contributed by atoms with Crippen molar-refractivity contribution >= 4 is 15.9 Å².